The molecule has 0 bridgehead atoms. The molecule has 0 aromatic carbocycles. The number of aliphatic hydroxyl groups is 5. The van der Waals surface area contributed by atoms with E-state index in [2.05, 4.69) is 10.6 Å². The summed E-state index contributed by atoms with van der Waals surface area (Å²) in [5.74, 6) is -3.80. The molecule has 6 rings (SSSR count). The maximum atomic E-state index is 16.1. The summed E-state index contributed by atoms with van der Waals surface area (Å²) in [6, 6.07) is -0.649. The van der Waals surface area contributed by atoms with Crippen molar-refractivity contribution in [2.75, 3.05) is 33.7 Å². The highest BCUT2D eigenvalue weighted by Crippen LogP contribution is 2.71. The third-order valence-electron chi connectivity index (χ3n) is 17.1. The fourth-order valence-electron chi connectivity index (χ4n) is 13.2. The molecule has 2 saturated heterocycles. The average Bonchev–Trinajstić information content (AvgIpc) is 3.47. The second kappa shape index (κ2) is 24.3. The van der Waals surface area contributed by atoms with Gasteiger partial charge in [0.05, 0.1) is 35.2 Å². The molecular formula is C51H89ClFN3O13. The Morgan fingerprint density at radius 3 is 2.25 bits per heavy atom. The number of esters is 1. The lowest BCUT2D eigenvalue weighted by Gasteiger charge is -2.64. The number of nitrogens with one attached hydrogen (secondary N) is 2. The highest BCUT2D eigenvalue weighted by atomic mass is 35.5. The van der Waals surface area contributed by atoms with Gasteiger partial charge in [0.1, 0.15) is 24.0 Å². The number of allylic oxidation sites excluding steroid dienone is 4. The zero-order valence-electron chi connectivity index (χ0n) is 43.1. The number of rotatable bonds is 8. The van der Waals surface area contributed by atoms with Crippen LogP contribution >= 0.6 is 11.6 Å². The molecule has 0 radical (unpaired) electrons. The Bertz CT molecular complexity index is 1790. The molecule has 5 fully saturated rings. The lowest BCUT2D eigenvalue weighted by Crippen LogP contribution is -2.70. The number of ether oxygens (including phenoxy) is 3. The van der Waals surface area contributed by atoms with Crippen LogP contribution < -0.4 is 10.6 Å². The van der Waals surface area contributed by atoms with E-state index in [1.807, 2.05) is 32.8 Å². The van der Waals surface area contributed by atoms with Crippen molar-refractivity contribution in [1.82, 2.24) is 15.5 Å². The van der Waals surface area contributed by atoms with Crippen LogP contribution in [0.2, 0.25) is 0 Å². The summed E-state index contributed by atoms with van der Waals surface area (Å²) in [6.07, 6.45) is 2.07. The molecule has 0 aromatic rings. The van der Waals surface area contributed by atoms with Gasteiger partial charge in [0, 0.05) is 30.0 Å². The Balaban J connectivity index is 0.00000245. The summed E-state index contributed by atoms with van der Waals surface area (Å²) in [4.78, 5) is 40.8. The second-order valence-electron chi connectivity index (χ2n) is 21.9. The van der Waals surface area contributed by atoms with Crippen LogP contribution in [0, 0.1) is 40.4 Å². The van der Waals surface area contributed by atoms with Crippen LogP contribution in [0.25, 0.3) is 0 Å². The SMILES string of the molecule is CC[C@H]1OC(=O)[C@H](C)C[C@H](C)C(O[C@H]2CCC[C@@H](C)O2)[C@H](O)CCCN(CCCNC(=O)[C@@]2(O)[C@H](C)CC3C4C[C@H](F)C5=CC(=O)C=C[C@]5(C)[C@@]4(Cl)[C@@H](O)C[C@@]32C)[C@H](C)[C@@H](O)[C@]1(C)O.CNC.O.O. The number of fused-ring (bicyclic) bond motifs is 5. The van der Waals surface area contributed by atoms with Crippen molar-refractivity contribution in [2.24, 2.45) is 40.4 Å². The van der Waals surface area contributed by atoms with E-state index in [-0.39, 0.29) is 60.1 Å². The molecule has 11 N–H and O–H groups in total. The van der Waals surface area contributed by atoms with E-state index >= 15 is 4.39 Å². The summed E-state index contributed by atoms with van der Waals surface area (Å²) < 4.78 is 34.6. The first-order chi connectivity index (χ1) is 31.3. The third kappa shape index (κ3) is 11.7. The van der Waals surface area contributed by atoms with Crippen molar-refractivity contribution in [3.63, 3.8) is 0 Å². The van der Waals surface area contributed by atoms with Gasteiger partial charge in [-0.05, 0) is 153 Å². The first kappa shape index (κ1) is 61.2. The van der Waals surface area contributed by atoms with Crippen LogP contribution in [0.1, 0.15) is 133 Å². The van der Waals surface area contributed by atoms with Gasteiger partial charge in [-0.1, -0.05) is 47.6 Å². The van der Waals surface area contributed by atoms with Gasteiger partial charge in [-0.15, -0.1) is 11.6 Å². The van der Waals surface area contributed by atoms with Gasteiger partial charge in [-0.25, -0.2) is 4.39 Å². The van der Waals surface area contributed by atoms with E-state index in [0.717, 1.165) is 12.8 Å². The fourth-order valence-corrected chi connectivity index (χ4v) is 13.7. The number of carbonyl (C=O) groups is 3. The van der Waals surface area contributed by atoms with Crippen LogP contribution in [0.5, 0.6) is 0 Å². The van der Waals surface area contributed by atoms with Crippen molar-refractivity contribution < 1.29 is 69.5 Å². The van der Waals surface area contributed by atoms with Gasteiger partial charge >= 0.3 is 5.97 Å². The number of hydrogen-bond donors (Lipinski definition) is 7. The minimum absolute atomic E-state index is 0. The number of cyclic esters (lactones) is 1. The molecule has 3 saturated carbocycles. The molecule has 2 heterocycles. The summed E-state index contributed by atoms with van der Waals surface area (Å²) >= 11 is 7.51. The molecule has 16 nitrogen and oxygen atoms in total. The maximum absolute atomic E-state index is 16.1. The van der Waals surface area contributed by atoms with Gasteiger partial charge in [0.2, 0.25) is 0 Å². The first-order valence-electron chi connectivity index (χ1n) is 25.2. The monoisotopic (exact) mass is 1010 g/mol. The van der Waals surface area contributed by atoms with Gasteiger partial charge in [0.15, 0.2) is 17.7 Å². The molecule has 0 spiro atoms. The fraction of sp³-hybridized carbons (Fsp3) is 0.863. The summed E-state index contributed by atoms with van der Waals surface area (Å²) in [6.45, 7) is 17.1. The summed E-state index contributed by atoms with van der Waals surface area (Å²) in [7, 11) is 3.75. The minimum Gasteiger partial charge on any atom is -0.459 e. The first-order valence-corrected chi connectivity index (χ1v) is 25.6. The Kier molecular flexibility index (Phi) is 21.5. The van der Waals surface area contributed by atoms with E-state index in [1.54, 1.807) is 47.6 Å². The van der Waals surface area contributed by atoms with Crippen molar-refractivity contribution in [1.29, 1.82) is 0 Å². The number of amides is 1. The number of carbonyl (C=O) groups excluding carboxylic acids is 3. The highest BCUT2D eigenvalue weighted by Gasteiger charge is 2.75. The van der Waals surface area contributed by atoms with E-state index < -0.39 is 111 Å². The third-order valence-corrected chi connectivity index (χ3v) is 18.1. The number of ketones is 1. The van der Waals surface area contributed by atoms with Crippen LogP contribution in [0.3, 0.4) is 0 Å². The molecule has 3 unspecified atom stereocenters. The molecule has 0 aromatic heterocycles. The zero-order valence-corrected chi connectivity index (χ0v) is 43.9. The lowest BCUT2D eigenvalue weighted by molar-refractivity contribution is -0.236. The number of hydrogen-bond acceptors (Lipinski definition) is 13. The minimum atomic E-state index is -1.92. The number of aliphatic hydroxyl groups excluding tert-OH is 3. The second-order valence-corrected chi connectivity index (χ2v) is 22.5. The van der Waals surface area contributed by atoms with E-state index in [1.165, 1.54) is 19.1 Å². The summed E-state index contributed by atoms with van der Waals surface area (Å²) in [5, 5.41) is 65.6. The smallest absolute Gasteiger partial charge is 0.309 e. The highest BCUT2D eigenvalue weighted by molar-refractivity contribution is 6.26. The normalized spacial score (nSPS) is 45.2. The van der Waals surface area contributed by atoms with Gasteiger partial charge in [0.25, 0.3) is 5.91 Å². The van der Waals surface area contributed by atoms with Crippen molar-refractivity contribution >= 4 is 29.3 Å². The van der Waals surface area contributed by atoms with Crippen molar-refractivity contribution in [3.05, 3.63) is 23.8 Å². The van der Waals surface area contributed by atoms with E-state index in [0.29, 0.717) is 51.6 Å². The Morgan fingerprint density at radius 2 is 1.62 bits per heavy atom. The molecule has 2 aliphatic heterocycles. The zero-order chi connectivity index (χ0) is 50.0. The van der Waals surface area contributed by atoms with E-state index in [4.69, 9.17) is 25.8 Å². The Labute approximate surface area is 415 Å². The van der Waals surface area contributed by atoms with Crippen molar-refractivity contribution in [3.8, 4) is 0 Å². The van der Waals surface area contributed by atoms with Gasteiger partial charge < -0.3 is 61.3 Å². The van der Waals surface area contributed by atoms with Crippen LogP contribution in [0.15, 0.2) is 23.8 Å². The van der Waals surface area contributed by atoms with Crippen LogP contribution in [0.4, 0.5) is 4.39 Å². The lowest BCUT2D eigenvalue weighted by atomic mass is 9.45. The average molecular weight is 1010 g/mol. The molecular weight excluding hydrogens is 917 g/mol. The van der Waals surface area contributed by atoms with Crippen LogP contribution in [-0.4, -0.2) is 164 Å². The van der Waals surface area contributed by atoms with Gasteiger partial charge in [-0.2, -0.15) is 0 Å². The van der Waals surface area contributed by atoms with Crippen molar-refractivity contribution in [2.45, 2.75) is 204 Å². The molecule has 1 amide bonds. The Hall–Kier alpha value is -2.13. The largest absolute Gasteiger partial charge is 0.459 e. The molecule has 19 atom stereocenters. The quantitative estimate of drug-likeness (QED) is 0.104. The van der Waals surface area contributed by atoms with E-state index in [9.17, 15) is 39.9 Å². The molecule has 69 heavy (non-hydrogen) atoms. The van der Waals surface area contributed by atoms with Crippen LogP contribution in [-0.2, 0) is 28.6 Å². The number of halogens is 2. The maximum Gasteiger partial charge on any atom is 0.309 e. The molecule has 400 valence electrons. The summed E-state index contributed by atoms with van der Waals surface area (Å²) in [5.41, 5.74) is -5.78. The van der Waals surface area contributed by atoms with Gasteiger partial charge in [-0.3, -0.25) is 19.3 Å². The molecule has 18 heteroatoms. The Morgan fingerprint density at radius 1 is 0.971 bits per heavy atom. The topological polar surface area (TPSA) is 270 Å². The standard InChI is InChI=1S/C49H78ClFN2O11.C2H7N.2H2O/c1-10-39-47(9,60)42(57)31(6)53(20-12-15-37(55)41(27(2)22-28(3)43(58)63-39)64-40-16-11-14-30(5)62-40)21-13-19-52-44(59)49(61)29(4)23-33-34-25-36(51)35-24-32(54)17-18-45(35,7)48(34,50)38(56)26-46(33,49)8;1-3-2;;/h17-18,24,27-31,33-34,36-42,55-57,60-61H,10-16,19-23,25-26H2,1-9H3,(H,52,59);3H,1-2H3;2*1H2/t27-,28+,29+,30+,31+,33?,34?,36-,37+,38-,39+,40-,41?,42+,45-,46-,47+,48-,49-;;;/m0.../s1. The number of nitrogens with zero attached hydrogens (tertiary/aromatic N) is 1. The number of alkyl halides is 2. The molecule has 4 aliphatic carbocycles. The predicted molar refractivity (Wildman–Crippen MR) is 262 cm³/mol. The molecule has 6 aliphatic rings. The predicted octanol–water partition coefficient (Wildman–Crippen LogP) is 3.49.